The summed E-state index contributed by atoms with van der Waals surface area (Å²) in [5.74, 6) is 0.551. The van der Waals surface area contributed by atoms with Crippen molar-refractivity contribution in [1.29, 1.82) is 0 Å². The van der Waals surface area contributed by atoms with Crippen molar-refractivity contribution in [2.24, 2.45) is 0 Å². The molecule has 126 valence electrons. The quantitative estimate of drug-likeness (QED) is 0.688. The van der Waals surface area contributed by atoms with Crippen LogP contribution in [0, 0.1) is 0 Å². The van der Waals surface area contributed by atoms with Crippen LogP contribution < -0.4 is 5.73 Å². The maximum absolute atomic E-state index is 9.00. The first-order valence-electron chi connectivity index (χ1n) is 8.32. The van der Waals surface area contributed by atoms with E-state index in [1.165, 1.54) is 12.0 Å². The minimum absolute atomic E-state index is 0.235. The second-order valence-electron chi connectivity index (χ2n) is 5.84. The number of fused-ring (bicyclic) bond motifs is 1. The molecule has 0 aliphatic rings. The van der Waals surface area contributed by atoms with Crippen LogP contribution in [0.2, 0.25) is 5.02 Å². The highest BCUT2D eigenvalue weighted by Gasteiger charge is 2.06. The number of rotatable bonds is 9. The van der Waals surface area contributed by atoms with Crippen LogP contribution in [-0.4, -0.2) is 41.2 Å². The number of nitrogens with two attached hydrogens (primary N) is 1. The molecule has 0 radical (unpaired) electrons. The van der Waals surface area contributed by atoms with Crippen molar-refractivity contribution >= 4 is 28.3 Å². The summed E-state index contributed by atoms with van der Waals surface area (Å²) in [7, 11) is 0. The van der Waals surface area contributed by atoms with Crippen molar-refractivity contribution in [3.63, 3.8) is 0 Å². The summed E-state index contributed by atoms with van der Waals surface area (Å²) in [4.78, 5) is 6.64. The van der Waals surface area contributed by atoms with Gasteiger partial charge in [0.2, 0.25) is 0 Å². The van der Waals surface area contributed by atoms with E-state index < -0.39 is 0 Å². The van der Waals surface area contributed by atoms with Crippen LogP contribution in [-0.2, 0) is 6.42 Å². The molecule has 0 amide bonds. The van der Waals surface area contributed by atoms with Gasteiger partial charge in [0.15, 0.2) is 0 Å². The number of nitrogen functional groups attached to an aromatic ring is 1. The summed E-state index contributed by atoms with van der Waals surface area (Å²) in [6, 6.07) is 7.77. The van der Waals surface area contributed by atoms with Crippen molar-refractivity contribution in [3.05, 3.63) is 34.9 Å². The Bertz CT molecular complexity index is 628. The van der Waals surface area contributed by atoms with Gasteiger partial charge in [0, 0.05) is 17.0 Å². The van der Waals surface area contributed by atoms with Crippen LogP contribution in [0.4, 0.5) is 5.82 Å². The fraction of sp³-hybridized carbons (Fsp3) is 0.500. The largest absolute Gasteiger partial charge is 0.395 e. The number of aliphatic hydroxyl groups is 1. The Labute approximate surface area is 143 Å². The van der Waals surface area contributed by atoms with Gasteiger partial charge in [-0.25, -0.2) is 4.98 Å². The molecule has 2 aromatic rings. The first kappa shape index (κ1) is 18.0. The summed E-state index contributed by atoms with van der Waals surface area (Å²) >= 11 is 6.03. The minimum Gasteiger partial charge on any atom is -0.395 e. The highest BCUT2D eigenvalue weighted by Crippen LogP contribution is 2.24. The van der Waals surface area contributed by atoms with Crippen molar-refractivity contribution in [2.75, 3.05) is 32.0 Å². The molecule has 0 aliphatic heterocycles. The lowest BCUT2D eigenvalue weighted by Crippen LogP contribution is -2.27. The van der Waals surface area contributed by atoms with Crippen LogP contribution in [0.1, 0.15) is 31.7 Å². The van der Waals surface area contributed by atoms with Gasteiger partial charge in [-0.15, -0.1) is 0 Å². The normalized spacial score (nSPS) is 11.5. The molecule has 0 atom stereocenters. The molecule has 23 heavy (non-hydrogen) atoms. The first-order valence-corrected chi connectivity index (χ1v) is 8.69. The summed E-state index contributed by atoms with van der Waals surface area (Å²) in [5.41, 5.74) is 8.02. The topological polar surface area (TPSA) is 62.4 Å². The van der Waals surface area contributed by atoms with Crippen LogP contribution in [0.25, 0.3) is 10.9 Å². The third-order valence-electron chi connectivity index (χ3n) is 4.16. The van der Waals surface area contributed by atoms with Gasteiger partial charge in [-0.2, -0.15) is 0 Å². The highest BCUT2D eigenvalue weighted by molar-refractivity contribution is 6.31. The van der Waals surface area contributed by atoms with E-state index in [9.17, 15) is 0 Å². The fourth-order valence-electron chi connectivity index (χ4n) is 2.90. The van der Waals surface area contributed by atoms with Gasteiger partial charge in [0.25, 0.3) is 0 Å². The Hall–Kier alpha value is -1.36. The molecule has 0 bridgehead atoms. The Morgan fingerprint density at radius 3 is 2.74 bits per heavy atom. The number of anilines is 1. The second-order valence-corrected chi connectivity index (χ2v) is 6.27. The molecule has 1 heterocycles. The third-order valence-corrected chi connectivity index (χ3v) is 4.40. The number of pyridine rings is 1. The number of halogens is 1. The zero-order chi connectivity index (χ0) is 16.7. The standard InChI is InChI=1S/C18H26ClN3O/c1-2-22(10-11-23)9-5-3-4-6-14-12-18(20)21-17-13-15(19)7-8-16(14)17/h7-8,12-13,23H,2-6,9-11H2,1H3,(H2,20,21). The third kappa shape index (κ3) is 5.34. The molecule has 1 aromatic carbocycles. The molecule has 1 aromatic heterocycles. The molecule has 5 heteroatoms. The number of aromatic nitrogens is 1. The van der Waals surface area contributed by atoms with Gasteiger partial charge in [0.05, 0.1) is 12.1 Å². The monoisotopic (exact) mass is 335 g/mol. The van der Waals surface area contributed by atoms with Crippen molar-refractivity contribution in [1.82, 2.24) is 9.88 Å². The van der Waals surface area contributed by atoms with Gasteiger partial charge < -0.3 is 15.7 Å². The van der Waals surface area contributed by atoms with E-state index >= 15 is 0 Å². The van der Waals surface area contributed by atoms with Crippen molar-refractivity contribution in [3.8, 4) is 0 Å². The number of aliphatic hydroxyl groups excluding tert-OH is 1. The molecule has 3 N–H and O–H groups in total. The predicted octanol–water partition coefficient (Wildman–Crippen LogP) is 3.50. The van der Waals surface area contributed by atoms with E-state index in [-0.39, 0.29) is 6.61 Å². The van der Waals surface area contributed by atoms with Crippen LogP contribution in [0.3, 0.4) is 0 Å². The SMILES string of the molecule is CCN(CCO)CCCCCc1cc(N)nc2cc(Cl)ccc12. The van der Waals surface area contributed by atoms with Crippen molar-refractivity contribution in [2.45, 2.75) is 32.6 Å². The maximum Gasteiger partial charge on any atom is 0.124 e. The molecule has 0 unspecified atom stereocenters. The molecule has 0 saturated heterocycles. The smallest absolute Gasteiger partial charge is 0.124 e. The van der Waals surface area contributed by atoms with Gasteiger partial charge in [0.1, 0.15) is 5.82 Å². The van der Waals surface area contributed by atoms with Gasteiger partial charge >= 0.3 is 0 Å². The number of unbranched alkanes of at least 4 members (excludes halogenated alkanes) is 2. The first-order chi connectivity index (χ1) is 11.1. The Morgan fingerprint density at radius 1 is 1.17 bits per heavy atom. The maximum atomic E-state index is 9.00. The summed E-state index contributed by atoms with van der Waals surface area (Å²) < 4.78 is 0. The molecule has 0 saturated carbocycles. The fourth-order valence-corrected chi connectivity index (χ4v) is 3.07. The average molecular weight is 336 g/mol. The number of hydrogen-bond acceptors (Lipinski definition) is 4. The van der Waals surface area contributed by atoms with Crippen LogP contribution >= 0.6 is 11.6 Å². The predicted molar refractivity (Wildman–Crippen MR) is 97.9 cm³/mol. The van der Waals surface area contributed by atoms with Gasteiger partial charge in [-0.05, 0) is 56.1 Å². The van der Waals surface area contributed by atoms with Crippen LogP contribution in [0.5, 0.6) is 0 Å². The summed E-state index contributed by atoms with van der Waals surface area (Å²) in [6.45, 7) is 5.17. The minimum atomic E-state index is 0.235. The van der Waals surface area contributed by atoms with E-state index in [0.29, 0.717) is 10.8 Å². The van der Waals surface area contributed by atoms with E-state index in [1.54, 1.807) is 0 Å². The lowest BCUT2D eigenvalue weighted by atomic mass is 10.0. The lowest BCUT2D eigenvalue weighted by Gasteiger charge is -2.18. The zero-order valence-corrected chi connectivity index (χ0v) is 14.5. The Morgan fingerprint density at radius 2 is 2.00 bits per heavy atom. The second kappa shape index (κ2) is 9.06. The molecular formula is C18H26ClN3O. The van der Waals surface area contributed by atoms with E-state index in [2.05, 4.69) is 16.8 Å². The van der Waals surface area contributed by atoms with Gasteiger partial charge in [-0.3, -0.25) is 0 Å². The molecule has 2 rings (SSSR count). The molecular weight excluding hydrogens is 310 g/mol. The van der Waals surface area contributed by atoms with Gasteiger partial charge in [-0.1, -0.05) is 31.0 Å². The Kier molecular flexibility index (Phi) is 7.09. The lowest BCUT2D eigenvalue weighted by molar-refractivity contribution is 0.199. The average Bonchev–Trinajstić information content (AvgIpc) is 2.52. The molecule has 0 fully saturated rings. The number of likely N-dealkylation sites (N-methyl/N-ethyl adjacent to an activating group) is 1. The van der Waals surface area contributed by atoms with E-state index in [4.69, 9.17) is 22.4 Å². The molecule has 4 nitrogen and oxygen atoms in total. The number of hydrogen-bond donors (Lipinski definition) is 2. The van der Waals surface area contributed by atoms with E-state index in [0.717, 1.165) is 49.8 Å². The summed E-state index contributed by atoms with van der Waals surface area (Å²) in [5, 5.41) is 10.8. The van der Waals surface area contributed by atoms with Crippen LogP contribution in [0.15, 0.2) is 24.3 Å². The number of benzene rings is 1. The Balaban J connectivity index is 1.90. The molecule has 0 aliphatic carbocycles. The highest BCUT2D eigenvalue weighted by atomic mass is 35.5. The van der Waals surface area contributed by atoms with E-state index in [1.807, 2.05) is 24.3 Å². The number of nitrogens with zero attached hydrogens (tertiary/aromatic N) is 2. The van der Waals surface area contributed by atoms with Crippen molar-refractivity contribution < 1.29 is 5.11 Å². The molecule has 0 spiro atoms. The summed E-state index contributed by atoms with van der Waals surface area (Å²) in [6.07, 6.45) is 4.44. The number of aryl methyl sites for hydroxylation is 1. The zero-order valence-electron chi connectivity index (χ0n) is 13.8.